The summed E-state index contributed by atoms with van der Waals surface area (Å²) in [5.74, 6) is 0.421. The predicted molar refractivity (Wildman–Crippen MR) is 115 cm³/mol. The molecule has 140 valence electrons. The zero-order valence-electron chi connectivity index (χ0n) is 15.7. The summed E-state index contributed by atoms with van der Waals surface area (Å²) < 4.78 is 6.62. The van der Waals surface area contributed by atoms with Crippen molar-refractivity contribution in [2.24, 2.45) is 5.10 Å². The molecule has 0 radical (unpaired) electrons. The second-order valence-corrected chi connectivity index (χ2v) is 6.99. The smallest absolute Gasteiger partial charge is 0.277 e. The molecule has 0 aromatic heterocycles. The van der Waals surface area contributed by atoms with Crippen LogP contribution in [0.25, 0.3) is 6.08 Å². The molecule has 0 heterocycles. The minimum absolute atomic E-state index is 0.0856. The minimum Gasteiger partial charge on any atom is -0.483 e. The van der Waals surface area contributed by atoms with Crippen molar-refractivity contribution in [1.29, 1.82) is 0 Å². The molecule has 0 aliphatic heterocycles. The maximum absolute atomic E-state index is 11.9. The van der Waals surface area contributed by atoms with Crippen LogP contribution in [0.3, 0.4) is 0 Å². The van der Waals surface area contributed by atoms with Gasteiger partial charge in [-0.05, 0) is 55.7 Å². The van der Waals surface area contributed by atoms with E-state index in [0.29, 0.717) is 5.71 Å². The summed E-state index contributed by atoms with van der Waals surface area (Å²) in [7, 11) is 0. The average molecular weight is 427 g/mol. The predicted octanol–water partition coefficient (Wildman–Crippen LogP) is 5.21. The average Bonchev–Trinajstić information content (AvgIpc) is 2.63. The molecule has 2 aromatic rings. The zero-order chi connectivity index (χ0) is 19.6. The Morgan fingerprint density at radius 3 is 2.48 bits per heavy atom. The molecule has 0 aliphatic rings. The molecule has 0 spiro atoms. The number of hydrazone groups is 1. The molecule has 0 fully saturated rings. The van der Waals surface area contributed by atoms with Crippen molar-refractivity contribution in [3.8, 4) is 5.75 Å². The van der Waals surface area contributed by atoms with Gasteiger partial charge in [0.15, 0.2) is 6.61 Å². The maximum atomic E-state index is 11.9. The number of ether oxygens (including phenoxy) is 1. The number of carbonyl (C=O) groups is 1. The van der Waals surface area contributed by atoms with Gasteiger partial charge in [-0.25, -0.2) is 5.43 Å². The molecule has 4 nitrogen and oxygen atoms in total. The van der Waals surface area contributed by atoms with E-state index in [0.717, 1.165) is 26.9 Å². The Balaban J connectivity index is 1.81. The van der Waals surface area contributed by atoms with Gasteiger partial charge in [0.05, 0.1) is 5.71 Å². The van der Waals surface area contributed by atoms with Gasteiger partial charge >= 0.3 is 0 Å². The first-order valence-electron chi connectivity index (χ1n) is 8.58. The minimum atomic E-state index is -0.302. The Bertz CT molecular complexity index is 848. The van der Waals surface area contributed by atoms with E-state index in [9.17, 15) is 4.79 Å². The van der Waals surface area contributed by atoms with Crippen LogP contribution in [0.1, 0.15) is 23.6 Å². The summed E-state index contributed by atoms with van der Waals surface area (Å²) in [6.07, 6.45) is 7.63. The van der Waals surface area contributed by atoms with E-state index >= 15 is 0 Å². The second kappa shape index (κ2) is 10.5. The topological polar surface area (TPSA) is 50.7 Å². The van der Waals surface area contributed by atoms with E-state index < -0.39 is 0 Å². The number of allylic oxidation sites excluding steroid dienone is 3. The Labute approximate surface area is 168 Å². The van der Waals surface area contributed by atoms with Crippen LogP contribution >= 0.6 is 15.9 Å². The van der Waals surface area contributed by atoms with Crippen LogP contribution < -0.4 is 10.2 Å². The number of nitrogens with one attached hydrogen (secondary N) is 1. The first kappa shape index (κ1) is 20.6. The third kappa shape index (κ3) is 7.23. The number of amides is 1. The molecule has 5 heteroatoms. The Morgan fingerprint density at radius 2 is 1.81 bits per heavy atom. The fourth-order valence-electron chi connectivity index (χ4n) is 2.41. The van der Waals surface area contributed by atoms with Crippen LogP contribution in [0.5, 0.6) is 5.75 Å². The summed E-state index contributed by atoms with van der Waals surface area (Å²) in [6.45, 7) is 5.62. The van der Waals surface area contributed by atoms with E-state index in [2.05, 4.69) is 26.5 Å². The zero-order valence-corrected chi connectivity index (χ0v) is 17.3. The van der Waals surface area contributed by atoms with E-state index in [1.165, 1.54) is 0 Å². The molecule has 0 unspecified atom stereocenters. The van der Waals surface area contributed by atoms with Crippen LogP contribution in [0, 0.1) is 13.8 Å². The van der Waals surface area contributed by atoms with E-state index in [1.807, 2.05) is 87.5 Å². The molecule has 0 bridgehead atoms. The third-order valence-corrected chi connectivity index (χ3v) is 4.12. The summed E-state index contributed by atoms with van der Waals surface area (Å²) in [4.78, 5) is 11.9. The molecule has 27 heavy (non-hydrogen) atoms. The van der Waals surface area contributed by atoms with Crippen molar-refractivity contribution in [1.82, 2.24) is 5.43 Å². The van der Waals surface area contributed by atoms with Gasteiger partial charge in [0, 0.05) is 4.47 Å². The highest BCUT2D eigenvalue weighted by molar-refractivity contribution is 9.10. The highest BCUT2D eigenvalue weighted by atomic mass is 79.9. The molecule has 1 N–H and O–H groups in total. The molecule has 0 saturated carbocycles. The summed E-state index contributed by atoms with van der Waals surface area (Å²) >= 11 is 3.44. The highest BCUT2D eigenvalue weighted by Crippen LogP contribution is 2.27. The SMILES string of the molecule is CC(/C=C/C=C/c1ccccc1)=N/NC(=O)COc1c(C)cc(Br)cc1C. The molecular weight excluding hydrogens is 404 g/mol. The molecule has 2 aromatic carbocycles. The van der Waals surface area contributed by atoms with Crippen LogP contribution in [0.15, 0.2) is 70.3 Å². The first-order valence-corrected chi connectivity index (χ1v) is 9.37. The summed E-state index contributed by atoms with van der Waals surface area (Å²) in [5, 5.41) is 4.05. The normalized spacial score (nSPS) is 11.9. The quantitative estimate of drug-likeness (QED) is 0.375. The number of hydrogen-bond donors (Lipinski definition) is 1. The number of halogens is 1. The van der Waals surface area contributed by atoms with Crippen molar-refractivity contribution in [3.05, 3.63) is 81.9 Å². The first-order chi connectivity index (χ1) is 13.0. The van der Waals surface area contributed by atoms with Gasteiger partial charge in [0.1, 0.15) is 5.75 Å². The van der Waals surface area contributed by atoms with Gasteiger partial charge in [-0.2, -0.15) is 5.10 Å². The van der Waals surface area contributed by atoms with Gasteiger partial charge in [0.25, 0.3) is 5.91 Å². The number of hydrogen-bond acceptors (Lipinski definition) is 3. The number of carbonyl (C=O) groups excluding carboxylic acids is 1. The van der Waals surface area contributed by atoms with E-state index in [-0.39, 0.29) is 12.5 Å². The molecule has 1 amide bonds. The number of benzene rings is 2. The fourth-order valence-corrected chi connectivity index (χ4v) is 3.10. The lowest BCUT2D eigenvalue weighted by Crippen LogP contribution is -2.25. The fraction of sp³-hybridized carbons (Fsp3) is 0.182. The Kier molecular flexibility index (Phi) is 8.01. The molecular formula is C22H23BrN2O2. The second-order valence-electron chi connectivity index (χ2n) is 6.07. The van der Waals surface area contributed by atoms with Crippen LogP contribution in [-0.2, 0) is 4.79 Å². The molecule has 2 rings (SSSR count). The number of rotatable bonds is 7. The van der Waals surface area contributed by atoms with Crippen molar-refractivity contribution in [2.45, 2.75) is 20.8 Å². The lowest BCUT2D eigenvalue weighted by atomic mass is 10.1. The molecule has 0 saturated heterocycles. The van der Waals surface area contributed by atoms with Gasteiger partial charge in [0.2, 0.25) is 0 Å². The lowest BCUT2D eigenvalue weighted by Gasteiger charge is -2.11. The Hall–Kier alpha value is -2.66. The molecule has 0 atom stereocenters. The lowest BCUT2D eigenvalue weighted by molar-refractivity contribution is -0.123. The van der Waals surface area contributed by atoms with Crippen molar-refractivity contribution < 1.29 is 9.53 Å². The monoisotopic (exact) mass is 426 g/mol. The van der Waals surface area contributed by atoms with E-state index in [4.69, 9.17) is 4.74 Å². The summed E-state index contributed by atoms with van der Waals surface area (Å²) in [5.41, 5.74) is 6.27. The van der Waals surface area contributed by atoms with Gasteiger partial charge in [-0.3, -0.25) is 4.79 Å². The number of nitrogens with zero attached hydrogens (tertiary/aromatic N) is 1. The van der Waals surface area contributed by atoms with Gasteiger partial charge in [-0.15, -0.1) is 0 Å². The largest absolute Gasteiger partial charge is 0.483 e. The van der Waals surface area contributed by atoms with E-state index in [1.54, 1.807) is 0 Å². The van der Waals surface area contributed by atoms with Crippen LogP contribution in [-0.4, -0.2) is 18.2 Å². The maximum Gasteiger partial charge on any atom is 0.277 e. The summed E-state index contributed by atoms with van der Waals surface area (Å²) in [6, 6.07) is 13.9. The van der Waals surface area contributed by atoms with Gasteiger partial charge in [-0.1, -0.05) is 64.5 Å². The van der Waals surface area contributed by atoms with Crippen molar-refractivity contribution in [3.63, 3.8) is 0 Å². The Morgan fingerprint density at radius 1 is 1.15 bits per heavy atom. The van der Waals surface area contributed by atoms with Crippen molar-refractivity contribution >= 4 is 33.6 Å². The standard InChI is InChI=1S/C22H23BrN2O2/c1-16-13-20(23)14-17(2)22(16)27-15-21(26)25-24-18(3)9-7-8-12-19-10-5-4-6-11-19/h4-14H,15H2,1-3H3,(H,25,26)/b9-7+,12-8+,24-18-. The highest BCUT2D eigenvalue weighted by Gasteiger charge is 2.08. The van der Waals surface area contributed by atoms with Crippen molar-refractivity contribution in [2.75, 3.05) is 6.61 Å². The number of aryl methyl sites for hydroxylation is 2. The van der Waals surface area contributed by atoms with Crippen LogP contribution in [0.2, 0.25) is 0 Å². The third-order valence-electron chi connectivity index (χ3n) is 3.67. The molecule has 0 aliphatic carbocycles. The van der Waals surface area contributed by atoms with Crippen LogP contribution in [0.4, 0.5) is 0 Å². The van der Waals surface area contributed by atoms with Gasteiger partial charge < -0.3 is 4.74 Å².